The standard InChI is InChI=1S/C12H13ClFN3O/c1-7(2)12-11(6-18)15-16-17(12)8-3-4-10(14)9(13)5-8/h3-5,7,18H,6H2,1-2H3. The lowest BCUT2D eigenvalue weighted by Gasteiger charge is -2.10. The van der Waals surface area contributed by atoms with Crippen molar-refractivity contribution < 1.29 is 9.50 Å². The zero-order valence-corrected chi connectivity index (χ0v) is 10.8. The van der Waals surface area contributed by atoms with Crippen molar-refractivity contribution in [3.63, 3.8) is 0 Å². The van der Waals surface area contributed by atoms with Crippen LogP contribution in [0.1, 0.15) is 31.2 Å². The minimum atomic E-state index is -0.478. The number of aliphatic hydroxyl groups excluding tert-OH is 1. The third-order valence-corrected chi connectivity index (χ3v) is 2.91. The number of rotatable bonds is 3. The molecule has 0 saturated carbocycles. The summed E-state index contributed by atoms with van der Waals surface area (Å²) in [5.74, 6) is -0.347. The Morgan fingerprint density at radius 1 is 1.44 bits per heavy atom. The fourth-order valence-electron chi connectivity index (χ4n) is 1.82. The van der Waals surface area contributed by atoms with Gasteiger partial charge in [-0.1, -0.05) is 30.7 Å². The van der Waals surface area contributed by atoms with Crippen LogP contribution in [0.3, 0.4) is 0 Å². The van der Waals surface area contributed by atoms with Gasteiger partial charge in [-0.25, -0.2) is 9.07 Å². The highest BCUT2D eigenvalue weighted by Crippen LogP contribution is 2.24. The van der Waals surface area contributed by atoms with Crippen LogP contribution in [0.5, 0.6) is 0 Å². The van der Waals surface area contributed by atoms with Gasteiger partial charge in [0, 0.05) is 0 Å². The molecule has 2 aromatic rings. The van der Waals surface area contributed by atoms with Gasteiger partial charge in [0.15, 0.2) is 0 Å². The van der Waals surface area contributed by atoms with Crippen LogP contribution in [0.25, 0.3) is 5.69 Å². The molecular formula is C12H13ClFN3O. The molecule has 1 N–H and O–H groups in total. The second-order valence-corrected chi connectivity index (χ2v) is 4.65. The molecule has 18 heavy (non-hydrogen) atoms. The van der Waals surface area contributed by atoms with Crippen molar-refractivity contribution in [2.24, 2.45) is 0 Å². The SMILES string of the molecule is CC(C)c1c(CO)nnn1-c1ccc(F)c(Cl)c1. The van der Waals surface area contributed by atoms with Gasteiger partial charge in [-0.15, -0.1) is 5.10 Å². The number of nitrogens with zero attached hydrogens (tertiary/aromatic N) is 3. The molecule has 1 heterocycles. The lowest BCUT2D eigenvalue weighted by atomic mass is 10.1. The summed E-state index contributed by atoms with van der Waals surface area (Å²) < 4.78 is 14.7. The molecule has 0 bridgehead atoms. The van der Waals surface area contributed by atoms with Crippen molar-refractivity contribution in [2.75, 3.05) is 0 Å². The second kappa shape index (κ2) is 5.04. The molecule has 0 radical (unpaired) electrons. The zero-order chi connectivity index (χ0) is 13.3. The maximum atomic E-state index is 13.1. The third-order valence-electron chi connectivity index (χ3n) is 2.62. The van der Waals surface area contributed by atoms with E-state index in [1.165, 1.54) is 12.1 Å². The Morgan fingerprint density at radius 3 is 2.72 bits per heavy atom. The maximum absolute atomic E-state index is 13.1. The highest BCUT2D eigenvalue weighted by molar-refractivity contribution is 6.30. The first-order valence-electron chi connectivity index (χ1n) is 5.55. The van der Waals surface area contributed by atoms with Crippen molar-refractivity contribution in [1.82, 2.24) is 15.0 Å². The van der Waals surface area contributed by atoms with E-state index >= 15 is 0 Å². The Hall–Kier alpha value is -1.46. The smallest absolute Gasteiger partial charge is 0.141 e. The molecule has 0 atom stereocenters. The van der Waals surface area contributed by atoms with E-state index < -0.39 is 5.82 Å². The number of aromatic nitrogens is 3. The molecule has 0 fully saturated rings. The fraction of sp³-hybridized carbons (Fsp3) is 0.333. The van der Waals surface area contributed by atoms with Gasteiger partial charge in [-0.2, -0.15) is 0 Å². The Bertz CT molecular complexity index is 568. The van der Waals surface area contributed by atoms with Crippen LogP contribution in [-0.2, 0) is 6.61 Å². The second-order valence-electron chi connectivity index (χ2n) is 4.24. The molecule has 96 valence electrons. The summed E-state index contributed by atoms with van der Waals surface area (Å²) in [7, 11) is 0. The highest BCUT2D eigenvalue weighted by atomic mass is 35.5. The lowest BCUT2D eigenvalue weighted by molar-refractivity contribution is 0.275. The van der Waals surface area contributed by atoms with Gasteiger partial charge in [0.2, 0.25) is 0 Å². The fourth-order valence-corrected chi connectivity index (χ4v) is 1.99. The average molecular weight is 270 g/mol. The van der Waals surface area contributed by atoms with Crippen LogP contribution in [0.2, 0.25) is 5.02 Å². The number of hydrogen-bond acceptors (Lipinski definition) is 3. The number of benzene rings is 1. The van der Waals surface area contributed by atoms with Gasteiger partial charge in [-0.3, -0.25) is 0 Å². The molecule has 0 spiro atoms. The first kappa shape index (κ1) is 13.0. The van der Waals surface area contributed by atoms with E-state index in [4.69, 9.17) is 11.6 Å². The van der Waals surface area contributed by atoms with E-state index in [2.05, 4.69) is 10.3 Å². The van der Waals surface area contributed by atoms with Gasteiger partial charge in [0.25, 0.3) is 0 Å². The molecule has 1 aromatic carbocycles. The van der Waals surface area contributed by atoms with Crippen LogP contribution in [0.15, 0.2) is 18.2 Å². The molecule has 0 aliphatic heterocycles. The van der Waals surface area contributed by atoms with E-state index in [1.807, 2.05) is 13.8 Å². The van der Waals surface area contributed by atoms with Crippen molar-refractivity contribution in [2.45, 2.75) is 26.4 Å². The van der Waals surface area contributed by atoms with Crippen molar-refractivity contribution in [3.8, 4) is 5.69 Å². The molecule has 6 heteroatoms. The highest BCUT2D eigenvalue weighted by Gasteiger charge is 2.17. The molecular weight excluding hydrogens is 257 g/mol. The van der Waals surface area contributed by atoms with E-state index in [9.17, 15) is 9.50 Å². The maximum Gasteiger partial charge on any atom is 0.141 e. The summed E-state index contributed by atoms with van der Waals surface area (Å²) in [6, 6.07) is 4.34. The largest absolute Gasteiger partial charge is 0.390 e. The quantitative estimate of drug-likeness (QED) is 0.932. The van der Waals surface area contributed by atoms with Gasteiger partial charge in [0.1, 0.15) is 11.5 Å². The summed E-state index contributed by atoms with van der Waals surface area (Å²) in [6.07, 6.45) is 0. The zero-order valence-electron chi connectivity index (χ0n) is 10.1. The normalized spacial score (nSPS) is 11.2. The van der Waals surface area contributed by atoms with E-state index in [0.717, 1.165) is 5.69 Å². The minimum Gasteiger partial charge on any atom is -0.390 e. The molecule has 2 rings (SSSR count). The third kappa shape index (κ3) is 2.23. The monoisotopic (exact) mass is 269 g/mol. The van der Waals surface area contributed by atoms with Gasteiger partial charge < -0.3 is 5.11 Å². The molecule has 0 unspecified atom stereocenters. The molecule has 0 amide bonds. The van der Waals surface area contributed by atoms with Crippen molar-refractivity contribution in [1.29, 1.82) is 0 Å². The molecule has 4 nitrogen and oxygen atoms in total. The molecule has 0 aliphatic carbocycles. The van der Waals surface area contributed by atoms with Crippen LogP contribution in [-0.4, -0.2) is 20.1 Å². The summed E-state index contributed by atoms with van der Waals surface area (Å²) >= 11 is 5.75. The van der Waals surface area contributed by atoms with E-state index in [0.29, 0.717) is 11.4 Å². The van der Waals surface area contributed by atoms with Crippen molar-refractivity contribution in [3.05, 3.63) is 40.4 Å². The Kier molecular flexibility index (Phi) is 3.63. The summed E-state index contributed by atoms with van der Waals surface area (Å²) in [6.45, 7) is 3.77. The summed E-state index contributed by atoms with van der Waals surface area (Å²) in [5.41, 5.74) is 1.93. The minimum absolute atomic E-state index is 0.0308. The Morgan fingerprint density at radius 2 is 2.17 bits per heavy atom. The molecule has 1 aromatic heterocycles. The Labute approximate surface area is 109 Å². The molecule has 0 aliphatic rings. The summed E-state index contributed by atoms with van der Waals surface area (Å²) in [4.78, 5) is 0. The number of halogens is 2. The van der Waals surface area contributed by atoms with Crippen LogP contribution < -0.4 is 0 Å². The predicted octanol–water partition coefficient (Wildman–Crippen LogP) is 2.68. The number of hydrogen-bond donors (Lipinski definition) is 1. The van der Waals surface area contributed by atoms with Gasteiger partial charge >= 0.3 is 0 Å². The predicted molar refractivity (Wildman–Crippen MR) is 66.3 cm³/mol. The van der Waals surface area contributed by atoms with Crippen LogP contribution in [0.4, 0.5) is 4.39 Å². The Balaban J connectivity index is 2.56. The summed E-state index contributed by atoms with van der Waals surface area (Å²) in [5, 5.41) is 17.1. The topological polar surface area (TPSA) is 50.9 Å². The van der Waals surface area contributed by atoms with Crippen LogP contribution in [0, 0.1) is 5.82 Å². The van der Waals surface area contributed by atoms with Crippen LogP contribution >= 0.6 is 11.6 Å². The van der Waals surface area contributed by atoms with Gasteiger partial charge in [0.05, 0.1) is 23.0 Å². The van der Waals surface area contributed by atoms with Crippen molar-refractivity contribution >= 4 is 11.6 Å². The van der Waals surface area contributed by atoms with E-state index in [1.54, 1.807) is 10.7 Å². The first-order chi connectivity index (χ1) is 8.54. The first-order valence-corrected chi connectivity index (χ1v) is 5.93. The average Bonchev–Trinajstić information content (AvgIpc) is 2.76. The number of aliphatic hydroxyl groups is 1. The van der Waals surface area contributed by atoms with Gasteiger partial charge in [-0.05, 0) is 24.1 Å². The molecule has 0 saturated heterocycles. The lowest BCUT2D eigenvalue weighted by Crippen LogP contribution is -2.05. The van der Waals surface area contributed by atoms with E-state index in [-0.39, 0.29) is 17.5 Å².